The van der Waals surface area contributed by atoms with Crippen LogP contribution in [0.1, 0.15) is 18.4 Å². The molecule has 0 radical (unpaired) electrons. The van der Waals surface area contributed by atoms with Crippen molar-refractivity contribution >= 4 is 29.2 Å². The maximum Gasteiger partial charge on any atom is 0.319 e. The molecule has 7 heteroatoms. The van der Waals surface area contributed by atoms with Crippen LogP contribution in [0.3, 0.4) is 0 Å². The Bertz CT molecular complexity index is 846. The number of nitrogens with one attached hydrogen (secondary N) is 2. The van der Waals surface area contributed by atoms with Gasteiger partial charge in [-0.25, -0.2) is 4.79 Å². The molecule has 0 bridgehead atoms. The van der Waals surface area contributed by atoms with E-state index in [2.05, 4.69) is 10.6 Å². The van der Waals surface area contributed by atoms with Gasteiger partial charge in [-0.05, 0) is 42.7 Å². The van der Waals surface area contributed by atoms with Crippen LogP contribution in [0.15, 0.2) is 54.6 Å². The third-order valence-electron chi connectivity index (χ3n) is 4.94. The van der Waals surface area contributed by atoms with Crippen molar-refractivity contribution in [2.75, 3.05) is 36.9 Å². The van der Waals surface area contributed by atoms with Crippen LogP contribution in [-0.4, -0.2) is 49.4 Å². The van der Waals surface area contributed by atoms with Crippen LogP contribution >= 0.6 is 0 Å². The van der Waals surface area contributed by atoms with Crippen LogP contribution in [-0.2, 0) is 16.0 Å². The maximum absolute atomic E-state index is 12.4. The summed E-state index contributed by atoms with van der Waals surface area (Å²) in [5, 5.41) is 5.29. The van der Waals surface area contributed by atoms with Gasteiger partial charge in [0.15, 0.2) is 0 Å². The number of rotatable bonds is 6. The number of benzene rings is 2. The number of hydrogen-bond donors (Lipinski definition) is 2. The summed E-state index contributed by atoms with van der Waals surface area (Å²) in [6.07, 6.45) is 2.31. The Labute approximate surface area is 170 Å². The molecule has 0 saturated carbocycles. The SMILES string of the molecule is CN(C(=O)Cc1ccc(NC(=O)NCC(=O)N2CCCC2)cc1)c1ccccc1. The molecule has 0 aliphatic carbocycles. The molecule has 0 unspecified atom stereocenters. The molecule has 3 rings (SSSR count). The van der Waals surface area contributed by atoms with E-state index in [1.807, 2.05) is 42.5 Å². The van der Waals surface area contributed by atoms with Gasteiger partial charge in [0.05, 0.1) is 13.0 Å². The monoisotopic (exact) mass is 394 g/mol. The molecule has 1 saturated heterocycles. The third kappa shape index (κ3) is 5.81. The van der Waals surface area contributed by atoms with Crippen LogP contribution in [0, 0.1) is 0 Å². The lowest BCUT2D eigenvalue weighted by molar-refractivity contribution is -0.129. The van der Waals surface area contributed by atoms with Crippen LogP contribution in [0.2, 0.25) is 0 Å². The zero-order chi connectivity index (χ0) is 20.6. The average molecular weight is 394 g/mol. The lowest BCUT2D eigenvalue weighted by atomic mass is 10.1. The van der Waals surface area contributed by atoms with E-state index in [1.165, 1.54) is 0 Å². The highest BCUT2D eigenvalue weighted by Crippen LogP contribution is 2.15. The van der Waals surface area contributed by atoms with Gasteiger partial charge in [-0.15, -0.1) is 0 Å². The number of hydrogen-bond acceptors (Lipinski definition) is 3. The summed E-state index contributed by atoms with van der Waals surface area (Å²) in [6.45, 7) is 1.52. The second-order valence-electron chi connectivity index (χ2n) is 7.06. The summed E-state index contributed by atoms with van der Waals surface area (Å²) in [5.74, 6) is -0.0795. The first-order chi connectivity index (χ1) is 14.0. The second kappa shape index (κ2) is 9.73. The number of likely N-dealkylation sites (N-methyl/N-ethyl adjacent to an activating group) is 1. The topological polar surface area (TPSA) is 81.8 Å². The van der Waals surface area contributed by atoms with Gasteiger partial charge in [-0.2, -0.15) is 0 Å². The number of carbonyl (C=O) groups excluding carboxylic acids is 3. The second-order valence-corrected chi connectivity index (χ2v) is 7.06. The molecule has 1 fully saturated rings. The van der Waals surface area contributed by atoms with Crippen LogP contribution in [0.4, 0.5) is 16.2 Å². The number of carbonyl (C=O) groups is 3. The Kier molecular flexibility index (Phi) is 6.84. The molecule has 1 aliphatic heterocycles. The number of nitrogens with zero attached hydrogens (tertiary/aromatic N) is 2. The summed E-state index contributed by atoms with van der Waals surface area (Å²) < 4.78 is 0. The first kappa shape index (κ1) is 20.4. The molecule has 2 aromatic carbocycles. The highest BCUT2D eigenvalue weighted by atomic mass is 16.2. The lowest BCUT2D eigenvalue weighted by Crippen LogP contribution is -2.40. The van der Waals surface area contributed by atoms with Crippen molar-refractivity contribution in [1.82, 2.24) is 10.2 Å². The fourth-order valence-electron chi connectivity index (χ4n) is 3.20. The van der Waals surface area contributed by atoms with E-state index in [4.69, 9.17) is 0 Å². The van der Waals surface area contributed by atoms with Gasteiger partial charge < -0.3 is 20.4 Å². The molecule has 1 aliphatic rings. The summed E-state index contributed by atoms with van der Waals surface area (Å²) >= 11 is 0. The van der Waals surface area contributed by atoms with Gasteiger partial charge in [-0.3, -0.25) is 9.59 Å². The summed E-state index contributed by atoms with van der Waals surface area (Å²) in [6, 6.07) is 16.1. The predicted molar refractivity (Wildman–Crippen MR) is 113 cm³/mol. The fourth-order valence-corrected chi connectivity index (χ4v) is 3.20. The largest absolute Gasteiger partial charge is 0.341 e. The van der Waals surface area contributed by atoms with Gasteiger partial charge in [0.25, 0.3) is 0 Å². The van der Waals surface area contributed by atoms with Gasteiger partial charge in [0.2, 0.25) is 11.8 Å². The minimum absolute atomic E-state index is 0.00968. The Morgan fingerprint density at radius 2 is 1.62 bits per heavy atom. The van der Waals surface area contributed by atoms with Crippen molar-refractivity contribution in [1.29, 1.82) is 0 Å². The van der Waals surface area contributed by atoms with Crippen LogP contribution in [0.25, 0.3) is 0 Å². The molecule has 4 amide bonds. The molecule has 1 heterocycles. The highest BCUT2D eigenvalue weighted by Gasteiger charge is 2.18. The number of likely N-dealkylation sites (tertiary alicyclic amines) is 1. The van der Waals surface area contributed by atoms with Crippen LogP contribution < -0.4 is 15.5 Å². The van der Waals surface area contributed by atoms with Crippen molar-refractivity contribution in [3.05, 3.63) is 60.2 Å². The van der Waals surface area contributed by atoms with Crippen molar-refractivity contribution in [3.8, 4) is 0 Å². The van der Waals surface area contributed by atoms with E-state index in [0.717, 1.165) is 37.2 Å². The minimum Gasteiger partial charge on any atom is -0.341 e. The molecule has 2 aromatic rings. The minimum atomic E-state index is -0.426. The number of para-hydroxylation sites is 1. The first-order valence-corrected chi connectivity index (χ1v) is 9.76. The lowest BCUT2D eigenvalue weighted by Gasteiger charge is -2.17. The predicted octanol–water partition coefficient (Wildman–Crippen LogP) is 2.64. The molecule has 7 nitrogen and oxygen atoms in total. The van der Waals surface area contributed by atoms with E-state index in [9.17, 15) is 14.4 Å². The smallest absolute Gasteiger partial charge is 0.319 e. The summed E-state index contributed by atoms with van der Waals surface area (Å²) in [4.78, 5) is 39.8. The van der Waals surface area contributed by atoms with E-state index in [0.29, 0.717) is 5.69 Å². The maximum atomic E-state index is 12.4. The Morgan fingerprint density at radius 3 is 2.28 bits per heavy atom. The molecule has 0 spiro atoms. The summed E-state index contributed by atoms with van der Waals surface area (Å²) in [5.41, 5.74) is 2.30. The quantitative estimate of drug-likeness (QED) is 0.790. The van der Waals surface area contributed by atoms with Crippen LogP contribution in [0.5, 0.6) is 0 Å². The first-order valence-electron chi connectivity index (χ1n) is 9.76. The van der Waals surface area contributed by atoms with E-state index in [1.54, 1.807) is 29.0 Å². The fraction of sp³-hybridized carbons (Fsp3) is 0.318. The zero-order valence-electron chi connectivity index (χ0n) is 16.6. The normalized spacial score (nSPS) is 13.1. The van der Waals surface area contributed by atoms with E-state index >= 15 is 0 Å². The van der Waals surface area contributed by atoms with Gasteiger partial charge in [0, 0.05) is 31.5 Å². The molecule has 2 N–H and O–H groups in total. The third-order valence-corrected chi connectivity index (χ3v) is 4.94. The number of amides is 4. The van der Waals surface area contributed by atoms with Crippen molar-refractivity contribution < 1.29 is 14.4 Å². The number of urea groups is 1. The molecule has 0 aromatic heterocycles. The molecule has 0 atom stereocenters. The van der Waals surface area contributed by atoms with E-state index in [-0.39, 0.29) is 24.8 Å². The molecular weight excluding hydrogens is 368 g/mol. The number of anilines is 2. The molecular formula is C22H26N4O3. The Balaban J connectivity index is 1.46. The van der Waals surface area contributed by atoms with Crippen molar-refractivity contribution in [2.45, 2.75) is 19.3 Å². The van der Waals surface area contributed by atoms with Crippen molar-refractivity contribution in [3.63, 3.8) is 0 Å². The Hall–Kier alpha value is -3.35. The van der Waals surface area contributed by atoms with Gasteiger partial charge in [0.1, 0.15) is 0 Å². The zero-order valence-corrected chi connectivity index (χ0v) is 16.6. The molecule has 152 valence electrons. The molecule has 29 heavy (non-hydrogen) atoms. The Morgan fingerprint density at radius 1 is 0.966 bits per heavy atom. The summed E-state index contributed by atoms with van der Waals surface area (Å²) in [7, 11) is 1.75. The van der Waals surface area contributed by atoms with Gasteiger partial charge >= 0.3 is 6.03 Å². The van der Waals surface area contributed by atoms with Gasteiger partial charge in [-0.1, -0.05) is 30.3 Å². The van der Waals surface area contributed by atoms with Crippen molar-refractivity contribution in [2.24, 2.45) is 0 Å². The average Bonchev–Trinajstić information content (AvgIpc) is 3.28. The standard InChI is InChI=1S/C22H26N4O3/c1-25(19-7-3-2-4-8-19)20(27)15-17-9-11-18(12-10-17)24-22(29)23-16-21(28)26-13-5-6-14-26/h2-4,7-12H,5-6,13-16H2,1H3,(H2,23,24,29). The highest BCUT2D eigenvalue weighted by molar-refractivity contribution is 5.94. The van der Waals surface area contributed by atoms with E-state index < -0.39 is 6.03 Å².